The smallest absolute Gasteiger partial charge is 0.176 e. The molecule has 3 rings (SSSR count). The predicted octanol–water partition coefficient (Wildman–Crippen LogP) is 1.67. The van der Waals surface area contributed by atoms with E-state index in [0.29, 0.717) is 13.2 Å². The number of rotatable bonds is 6. The van der Waals surface area contributed by atoms with E-state index in [1.54, 1.807) is 0 Å². The first kappa shape index (κ1) is 17.9. The average Bonchev–Trinajstić information content (AvgIpc) is 3.10. The van der Waals surface area contributed by atoms with Gasteiger partial charge in [-0.1, -0.05) is 0 Å². The Morgan fingerprint density at radius 2 is 1.75 bits per heavy atom. The van der Waals surface area contributed by atoms with Crippen LogP contribution in [0.5, 0.6) is 0 Å². The van der Waals surface area contributed by atoms with Gasteiger partial charge in [0.25, 0.3) is 0 Å². The van der Waals surface area contributed by atoms with Gasteiger partial charge in [0.1, 0.15) is 24.4 Å². The highest BCUT2D eigenvalue weighted by atomic mass is 16.8. The number of nitriles is 1. The lowest BCUT2D eigenvalue weighted by Crippen LogP contribution is -2.40. The van der Waals surface area contributed by atoms with Gasteiger partial charge < -0.3 is 29.0 Å². The van der Waals surface area contributed by atoms with Crippen LogP contribution in [0.15, 0.2) is 0 Å². The van der Waals surface area contributed by atoms with Gasteiger partial charge in [-0.2, -0.15) is 5.26 Å². The summed E-state index contributed by atoms with van der Waals surface area (Å²) in [6, 6.07) is 0. The molecule has 5 atom stereocenters. The first-order valence-electron chi connectivity index (χ1n) is 8.76. The first-order valence-corrected chi connectivity index (χ1v) is 8.76. The molecule has 3 aliphatic rings. The molecule has 0 saturated carbocycles. The third-order valence-corrected chi connectivity index (χ3v) is 4.70. The van der Waals surface area contributed by atoms with E-state index in [1.165, 1.54) is 0 Å². The fourth-order valence-corrected chi connectivity index (χ4v) is 3.74. The predicted molar refractivity (Wildman–Crippen MR) is 84.9 cm³/mol. The number of hydrogen-bond donors (Lipinski definition) is 1. The molecule has 3 heterocycles. The fraction of sp³-hybridized carbons (Fsp3) is 0.941. The van der Waals surface area contributed by atoms with Crippen LogP contribution in [0.2, 0.25) is 0 Å². The molecule has 0 aromatic rings. The minimum atomic E-state index is -0.604. The topological polar surface area (TPSA) is 82.0 Å². The minimum Gasteiger partial charge on any atom is -0.367 e. The van der Waals surface area contributed by atoms with Crippen LogP contribution in [0.3, 0.4) is 0 Å². The molecule has 1 N–H and O–H groups in total. The van der Waals surface area contributed by atoms with Crippen molar-refractivity contribution in [2.75, 3.05) is 13.2 Å². The van der Waals surface area contributed by atoms with Gasteiger partial charge in [0.15, 0.2) is 17.8 Å². The summed E-state index contributed by atoms with van der Waals surface area (Å²) in [5.41, 5.74) is 0. The van der Waals surface area contributed by atoms with Crippen molar-refractivity contribution in [1.82, 2.24) is 5.32 Å². The largest absolute Gasteiger partial charge is 0.367 e. The van der Waals surface area contributed by atoms with Gasteiger partial charge in [0.2, 0.25) is 0 Å². The Labute approximate surface area is 143 Å². The summed E-state index contributed by atoms with van der Waals surface area (Å²) in [7, 11) is 0. The Kier molecular flexibility index (Phi) is 5.05. The van der Waals surface area contributed by atoms with Crippen molar-refractivity contribution < 1.29 is 23.7 Å². The van der Waals surface area contributed by atoms with E-state index in [2.05, 4.69) is 5.32 Å². The Bertz CT molecular complexity index is 490. The second kappa shape index (κ2) is 6.77. The molecule has 0 bridgehead atoms. The Morgan fingerprint density at radius 3 is 2.42 bits per heavy atom. The minimum absolute atomic E-state index is 0.0174. The third-order valence-electron chi connectivity index (χ3n) is 4.70. The lowest BCUT2D eigenvalue weighted by atomic mass is 10.0. The summed E-state index contributed by atoms with van der Waals surface area (Å²) in [4.78, 5) is 0. The van der Waals surface area contributed by atoms with E-state index in [4.69, 9.17) is 28.9 Å². The van der Waals surface area contributed by atoms with E-state index in [1.807, 2.05) is 33.9 Å². The molecule has 0 aromatic heterocycles. The molecule has 0 radical (unpaired) electrons. The summed E-state index contributed by atoms with van der Waals surface area (Å²) in [5, 5.41) is 11.2. The van der Waals surface area contributed by atoms with E-state index < -0.39 is 11.6 Å². The summed E-state index contributed by atoms with van der Waals surface area (Å²) in [6.07, 6.45) is 4.15. The number of fused-ring (bicyclic) bond motifs is 1. The van der Waals surface area contributed by atoms with E-state index in [-0.39, 0.29) is 30.5 Å². The van der Waals surface area contributed by atoms with Crippen molar-refractivity contribution in [3.8, 4) is 6.19 Å². The number of nitrogens with one attached hydrogen (secondary N) is 1. The SMILES string of the molecule is CC1(C)O[C@@H]2[C@H](O1)[C@@H](CCCCNC#N)O[C@@H]2[C@H]1COC(C)(C)O1. The molecule has 3 saturated heterocycles. The highest BCUT2D eigenvalue weighted by Gasteiger charge is 2.58. The maximum absolute atomic E-state index is 8.51. The fourth-order valence-electron chi connectivity index (χ4n) is 3.74. The maximum atomic E-state index is 8.51. The quantitative estimate of drug-likeness (QED) is 0.447. The van der Waals surface area contributed by atoms with Gasteiger partial charge in [-0.25, -0.2) is 0 Å². The summed E-state index contributed by atoms with van der Waals surface area (Å²) in [6.45, 7) is 8.89. The van der Waals surface area contributed by atoms with Crippen LogP contribution in [-0.2, 0) is 23.7 Å². The second-order valence-electron chi connectivity index (χ2n) is 7.61. The van der Waals surface area contributed by atoms with Gasteiger partial charge >= 0.3 is 0 Å². The summed E-state index contributed by atoms with van der Waals surface area (Å²) >= 11 is 0. The lowest BCUT2D eigenvalue weighted by molar-refractivity contribution is -0.206. The summed E-state index contributed by atoms with van der Waals surface area (Å²) in [5.74, 6) is -1.19. The van der Waals surface area contributed by atoms with Crippen molar-refractivity contribution in [1.29, 1.82) is 5.26 Å². The molecule has 3 fully saturated rings. The van der Waals surface area contributed by atoms with Crippen molar-refractivity contribution in [2.45, 2.75) is 89.1 Å². The zero-order chi connectivity index (χ0) is 17.4. The van der Waals surface area contributed by atoms with Gasteiger partial charge in [0, 0.05) is 6.54 Å². The number of hydrogen-bond acceptors (Lipinski definition) is 7. The molecular weight excluding hydrogens is 312 g/mol. The van der Waals surface area contributed by atoms with Crippen LogP contribution < -0.4 is 5.32 Å². The van der Waals surface area contributed by atoms with Crippen LogP contribution in [0.25, 0.3) is 0 Å². The van der Waals surface area contributed by atoms with Crippen molar-refractivity contribution in [3.05, 3.63) is 0 Å². The highest BCUT2D eigenvalue weighted by molar-refractivity contribution is 5.01. The van der Waals surface area contributed by atoms with Crippen LogP contribution in [0.4, 0.5) is 0 Å². The maximum Gasteiger partial charge on any atom is 0.176 e. The number of ether oxygens (including phenoxy) is 5. The average molecular weight is 340 g/mol. The standard InChI is InChI=1S/C17H28N2O5/c1-16(2)20-9-12(22-16)13-15-14(23-17(3,4)24-15)11(21-13)7-5-6-8-19-10-18/h11-15,19H,5-9H2,1-4H3/t11-,12-,13-,14-,15+/m1/s1. The molecule has 0 spiro atoms. The monoisotopic (exact) mass is 340 g/mol. The zero-order valence-electron chi connectivity index (χ0n) is 14.9. The molecule has 24 heavy (non-hydrogen) atoms. The van der Waals surface area contributed by atoms with E-state index in [0.717, 1.165) is 19.3 Å². The Morgan fingerprint density at radius 1 is 1.00 bits per heavy atom. The molecule has 0 amide bonds. The van der Waals surface area contributed by atoms with Crippen molar-refractivity contribution in [2.24, 2.45) is 0 Å². The molecular formula is C17H28N2O5. The van der Waals surface area contributed by atoms with Crippen molar-refractivity contribution in [3.63, 3.8) is 0 Å². The van der Waals surface area contributed by atoms with Gasteiger partial charge in [-0.15, -0.1) is 0 Å². The molecule has 7 nitrogen and oxygen atoms in total. The van der Waals surface area contributed by atoms with Gasteiger partial charge in [0.05, 0.1) is 12.7 Å². The molecule has 0 unspecified atom stereocenters. The molecule has 0 aliphatic carbocycles. The number of nitrogens with zero attached hydrogens (tertiary/aromatic N) is 1. The van der Waals surface area contributed by atoms with Crippen LogP contribution in [0.1, 0.15) is 47.0 Å². The van der Waals surface area contributed by atoms with Gasteiger partial charge in [-0.3, -0.25) is 0 Å². The first-order chi connectivity index (χ1) is 11.3. The van der Waals surface area contributed by atoms with Crippen LogP contribution in [-0.4, -0.2) is 55.2 Å². The normalized spacial score (nSPS) is 39.5. The molecule has 136 valence electrons. The third kappa shape index (κ3) is 3.84. The molecule has 3 aliphatic heterocycles. The zero-order valence-corrected chi connectivity index (χ0v) is 14.9. The van der Waals surface area contributed by atoms with Crippen molar-refractivity contribution >= 4 is 0 Å². The Balaban J connectivity index is 1.61. The Hall–Kier alpha value is -0.910. The van der Waals surface area contributed by atoms with Gasteiger partial charge in [-0.05, 0) is 47.0 Å². The lowest BCUT2D eigenvalue weighted by Gasteiger charge is -2.27. The van der Waals surface area contributed by atoms with Crippen LogP contribution >= 0.6 is 0 Å². The summed E-state index contributed by atoms with van der Waals surface area (Å²) < 4.78 is 30.1. The molecule has 0 aromatic carbocycles. The van der Waals surface area contributed by atoms with E-state index in [9.17, 15) is 0 Å². The number of unbranched alkanes of at least 4 members (excludes halogenated alkanes) is 1. The van der Waals surface area contributed by atoms with E-state index >= 15 is 0 Å². The second-order valence-corrected chi connectivity index (χ2v) is 7.61. The highest BCUT2D eigenvalue weighted by Crippen LogP contribution is 2.43. The van der Waals surface area contributed by atoms with Crippen LogP contribution in [0, 0.1) is 11.5 Å². The molecule has 7 heteroatoms.